The Kier molecular flexibility index (Phi) is 6.95. The highest BCUT2D eigenvalue weighted by atomic mass is 19.2. The molecule has 0 fully saturated rings. The summed E-state index contributed by atoms with van der Waals surface area (Å²) in [6.07, 6.45) is 3.42. The Morgan fingerprint density at radius 3 is 2.43 bits per heavy atom. The predicted octanol–water partition coefficient (Wildman–Crippen LogP) is 3.72. The van der Waals surface area contributed by atoms with Crippen molar-refractivity contribution < 1.29 is 13.6 Å². The first-order chi connectivity index (χ1) is 14.3. The zero-order valence-corrected chi connectivity index (χ0v) is 17.5. The summed E-state index contributed by atoms with van der Waals surface area (Å²) in [5.41, 5.74) is 2.34. The summed E-state index contributed by atoms with van der Waals surface area (Å²) >= 11 is 0. The summed E-state index contributed by atoms with van der Waals surface area (Å²) in [4.78, 5) is 21.3. The molecule has 0 saturated carbocycles. The van der Waals surface area contributed by atoms with Gasteiger partial charge in [0.25, 0.3) is 5.91 Å². The van der Waals surface area contributed by atoms with Gasteiger partial charge in [0, 0.05) is 37.6 Å². The lowest BCUT2D eigenvalue weighted by molar-refractivity contribution is 0.0726. The van der Waals surface area contributed by atoms with E-state index in [0.29, 0.717) is 43.1 Å². The SMILES string of the molecule is Cc1ccc(C(=O)N(CCN(C)C)Cc2nccn2Cc2ccc(F)c(F)c2)cc1. The van der Waals surface area contributed by atoms with E-state index >= 15 is 0 Å². The van der Waals surface area contributed by atoms with Crippen molar-refractivity contribution in [1.29, 1.82) is 0 Å². The average molecular weight is 412 g/mol. The summed E-state index contributed by atoms with van der Waals surface area (Å²) in [7, 11) is 3.91. The molecule has 1 aromatic heterocycles. The lowest BCUT2D eigenvalue weighted by Crippen LogP contribution is -2.37. The van der Waals surface area contributed by atoms with Crippen LogP contribution in [-0.2, 0) is 13.1 Å². The number of hydrogen-bond donors (Lipinski definition) is 0. The Bertz CT molecular complexity index is 999. The molecule has 0 unspecified atom stereocenters. The van der Waals surface area contributed by atoms with Gasteiger partial charge in [-0.2, -0.15) is 0 Å². The number of carbonyl (C=O) groups is 1. The zero-order valence-electron chi connectivity index (χ0n) is 17.5. The first-order valence-corrected chi connectivity index (χ1v) is 9.78. The number of carbonyl (C=O) groups excluding carboxylic acids is 1. The Labute approximate surface area is 175 Å². The van der Waals surface area contributed by atoms with E-state index in [1.54, 1.807) is 23.4 Å². The van der Waals surface area contributed by atoms with Crippen LogP contribution >= 0.6 is 0 Å². The first-order valence-electron chi connectivity index (χ1n) is 9.78. The van der Waals surface area contributed by atoms with Crippen LogP contribution in [0.2, 0.25) is 0 Å². The van der Waals surface area contributed by atoms with Gasteiger partial charge in [-0.15, -0.1) is 0 Å². The maximum atomic E-state index is 13.6. The van der Waals surface area contributed by atoms with Crippen LogP contribution in [0.4, 0.5) is 8.78 Å². The molecule has 0 aliphatic carbocycles. The summed E-state index contributed by atoms with van der Waals surface area (Å²) in [6.45, 7) is 3.89. The number of likely N-dealkylation sites (N-methyl/N-ethyl adjacent to an activating group) is 1. The fraction of sp³-hybridized carbons (Fsp3) is 0.304. The Morgan fingerprint density at radius 2 is 1.77 bits per heavy atom. The van der Waals surface area contributed by atoms with Crippen LogP contribution in [-0.4, -0.2) is 52.4 Å². The second-order valence-corrected chi connectivity index (χ2v) is 7.62. The van der Waals surface area contributed by atoms with Crippen LogP contribution in [0.25, 0.3) is 0 Å². The molecule has 3 rings (SSSR count). The number of rotatable bonds is 8. The second-order valence-electron chi connectivity index (χ2n) is 7.62. The second kappa shape index (κ2) is 9.63. The van der Waals surface area contributed by atoms with Gasteiger partial charge in [0.15, 0.2) is 11.6 Å². The van der Waals surface area contributed by atoms with Crippen molar-refractivity contribution in [3.63, 3.8) is 0 Å². The van der Waals surface area contributed by atoms with E-state index in [9.17, 15) is 13.6 Å². The number of benzene rings is 2. The summed E-state index contributed by atoms with van der Waals surface area (Å²) < 4.78 is 28.6. The van der Waals surface area contributed by atoms with Crippen molar-refractivity contribution in [2.24, 2.45) is 0 Å². The van der Waals surface area contributed by atoms with E-state index in [4.69, 9.17) is 0 Å². The van der Waals surface area contributed by atoms with Gasteiger partial charge < -0.3 is 14.4 Å². The fourth-order valence-electron chi connectivity index (χ4n) is 3.09. The van der Waals surface area contributed by atoms with Crippen molar-refractivity contribution in [3.8, 4) is 0 Å². The molecular weight excluding hydrogens is 386 g/mol. The molecule has 5 nitrogen and oxygen atoms in total. The molecule has 1 heterocycles. The van der Waals surface area contributed by atoms with Crippen LogP contribution in [0.1, 0.15) is 27.3 Å². The van der Waals surface area contributed by atoms with Crippen molar-refractivity contribution in [2.45, 2.75) is 20.0 Å². The summed E-state index contributed by atoms with van der Waals surface area (Å²) in [5.74, 6) is -1.14. The van der Waals surface area contributed by atoms with Crippen molar-refractivity contribution in [2.75, 3.05) is 27.2 Å². The number of hydrogen-bond acceptors (Lipinski definition) is 3. The molecule has 0 N–H and O–H groups in total. The third-order valence-electron chi connectivity index (χ3n) is 4.87. The van der Waals surface area contributed by atoms with Crippen molar-refractivity contribution in [1.82, 2.24) is 19.4 Å². The number of amides is 1. The average Bonchev–Trinajstić information content (AvgIpc) is 3.14. The molecule has 0 aliphatic heterocycles. The fourth-order valence-corrected chi connectivity index (χ4v) is 3.09. The van der Waals surface area contributed by atoms with Gasteiger partial charge in [0.1, 0.15) is 5.82 Å². The quantitative estimate of drug-likeness (QED) is 0.566. The molecular formula is C23H26F2N4O. The molecule has 0 radical (unpaired) electrons. The summed E-state index contributed by atoms with van der Waals surface area (Å²) in [6, 6.07) is 11.3. The molecule has 3 aromatic rings. The molecule has 2 aromatic carbocycles. The molecule has 1 amide bonds. The topological polar surface area (TPSA) is 41.4 Å². The molecule has 30 heavy (non-hydrogen) atoms. The minimum atomic E-state index is -0.878. The third-order valence-corrected chi connectivity index (χ3v) is 4.87. The van der Waals surface area contributed by atoms with E-state index in [-0.39, 0.29) is 5.91 Å². The van der Waals surface area contributed by atoms with Gasteiger partial charge in [-0.1, -0.05) is 23.8 Å². The van der Waals surface area contributed by atoms with Gasteiger partial charge in [-0.25, -0.2) is 13.8 Å². The normalized spacial score (nSPS) is 11.1. The zero-order chi connectivity index (χ0) is 21.7. The number of imidazole rings is 1. The summed E-state index contributed by atoms with van der Waals surface area (Å²) in [5, 5.41) is 0. The van der Waals surface area contributed by atoms with E-state index in [2.05, 4.69) is 4.98 Å². The van der Waals surface area contributed by atoms with E-state index in [1.807, 2.05) is 54.8 Å². The van der Waals surface area contributed by atoms with Crippen LogP contribution in [0.5, 0.6) is 0 Å². The lowest BCUT2D eigenvalue weighted by Gasteiger charge is -2.25. The van der Waals surface area contributed by atoms with Gasteiger partial charge in [-0.05, 0) is 50.8 Å². The molecule has 0 saturated heterocycles. The molecule has 158 valence electrons. The number of halogens is 2. The number of nitrogens with zero attached hydrogens (tertiary/aromatic N) is 4. The largest absolute Gasteiger partial charge is 0.330 e. The maximum Gasteiger partial charge on any atom is 0.254 e. The van der Waals surface area contributed by atoms with Crippen LogP contribution in [0.15, 0.2) is 54.9 Å². The Balaban J connectivity index is 1.80. The van der Waals surface area contributed by atoms with Crippen LogP contribution < -0.4 is 0 Å². The van der Waals surface area contributed by atoms with Gasteiger partial charge in [0.05, 0.1) is 6.54 Å². The number of aromatic nitrogens is 2. The minimum absolute atomic E-state index is 0.0702. The van der Waals surface area contributed by atoms with E-state index in [1.165, 1.54) is 6.07 Å². The third kappa shape index (κ3) is 5.51. The smallest absolute Gasteiger partial charge is 0.254 e. The number of aryl methyl sites for hydroxylation is 1. The predicted molar refractivity (Wildman–Crippen MR) is 112 cm³/mol. The Morgan fingerprint density at radius 1 is 1.03 bits per heavy atom. The standard InChI is InChI=1S/C23H26F2N4O/c1-17-4-7-19(8-5-17)23(30)29(13-12-27(2)3)16-22-26-10-11-28(22)15-18-6-9-20(24)21(25)14-18/h4-11,14H,12-13,15-16H2,1-3H3. The highest BCUT2D eigenvalue weighted by Crippen LogP contribution is 2.14. The van der Waals surface area contributed by atoms with Gasteiger partial charge in [0.2, 0.25) is 0 Å². The first kappa shape index (κ1) is 21.6. The van der Waals surface area contributed by atoms with Gasteiger partial charge >= 0.3 is 0 Å². The minimum Gasteiger partial charge on any atom is -0.330 e. The highest BCUT2D eigenvalue weighted by molar-refractivity contribution is 5.94. The molecule has 0 spiro atoms. The van der Waals surface area contributed by atoms with Crippen LogP contribution in [0.3, 0.4) is 0 Å². The maximum absolute atomic E-state index is 13.6. The van der Waals surface area contributed by atoms with E-state index < -0.39 is 11.6 Å². The lowest BCUT2D eigenvalue weighted by atomic mass is 10.1. The molecule has 0 atom stereocenters. The van der Waals surface area contributed by atoms with Crippen molar-refractivity contribution in [3.05, 3.63) is 89.0 Å². The highest BCUT2D eigenvalue weighted by Gasteiger charge is 2.19. The van der Waals surface area contributed by atoms with Gasteiger partial charge in [-0.3, -0.25) is 4.79 Å². The molecule has 0 aliphatic rings. The van der Waals surface area contributed by atoms with Crippen LogP contribution in [0, 0.1) is 18.6 Å². The monoisotopic (exact) mass is 412 g/mol. The Hall–Kier alpha value is -3.06. The van der Waals surface area contributed by atoms with Crippen molar-refractivity contribution >= 4 is 5.91 Å². The van der Waals surface area contributed by atoms with E-state index in [0.717, 1.165) is 11.6 Å². The molecule has 0 bridgehead atoms. The molecule has 7 heteroatoms.